The van der Waals surface area contributed by atoms with Crippen molar-refractivity contribution in [2.45, 2.75) is 0 Å². The average molecular weight is 279 g/mol. The standard InChI is InChI=1S/C6H5Br2N3/c7-4-1-5(8)6(3-11-9)10-2-4/h1-3H,9H2/b11-3+. The first-order chi connectivity index (χ1) is 5.24. The van der Waals surface area contributed by atoms with Crippen molar-refractivity contribution in [3.63, 3.8) is 0 Å². The zero-order valence-corrected chi connectivity index (χ0v) is 8.63. The quantitative estimate of drug-likeness (QED) is 0.485. The Morgan fingerprint density at radius 3 is 2.82 bits per heavy atom. The molecular formula is C6H5Br2N3. The number of hydrogen-bond acceptors (Lipinski definition) is 3. The van der Waals surface area contributed by atoms with Gasteiger partial charge in [-0.3, -0.25) is 4.98 Å². The molecule has 0 atom stereocenters. The van der Waals surface area contributed by atoms with Crippen LogP contribution in [0.15, 0.2) is 26.3 Å². The number of hydrazone groups is 1. The number of nitrogens with two attached hydrogens (primary N) is 1. The summed E-state index contributed by atoms with van der Waals surface area (Å²) in [6.45, 7) is 0. The zero-order valence-electron chi connectivity index (χ0n) is 5.46. The van der Waals surface area contributed by atoms with Crippen LogP contribution in [0.25, 0.3) is 0 Å². The van der Waals surface area contributed by atoms with E-state index < -0.39 is 0 Å². The van der Waals surface area contributed by atoms with Crippen molar-refractivity contribution < 1.29 is 0 Å². The second-order valence-electron chi connectivity index (χ2n) is 1.80. The SMILES string of the molecule is N/N=C/c1ncc(Br)cc1Br. The van der Waals surface area contributed by atoms with Gasteiger partial charge in [0, 0.05) is 15.1 Å². The number of nitrogens with zero attached hydrogens (tertiary/aromatic N) is 2. The van der Waals surface area contributed by atoms with Gasteiger partial charge in [0.25, 0.3) is 0 Å². The Bertz CT molecular complexity index is 285. The van der Waals surface area contributed by atoms with Crippen molar-refractivity contribution in [3.8, 4) is 0 Å². The van der Waals surface area contributed by atoms with Gasteiger partial charge in [-0.1, -0.05) is 0 Å². The summed E-state index contributed by atoms with van der Waals surface area (Å²) in [6.07, 6.45) is 3.16. The normalized spacial score (nSPS) is 10.7. The van der Waals surface area contributed by atoms with Crippen LogP contribution in [0.5, 0.6) is 0 Å². The third-order valence-corrected chi connectivity index (χ3v) is 2.10. The molecule has 2 N–H and O–H groups in total. The van der Waals surface area contributed by atoms with Gasteiger partial charge in [-0.15, -0.1) is 0 Å². The van der Waals surface area contributed by atoms with Crippen molar-refractivity contribution in [1.29, 1.82) is 0 Å². The summed E-state index contributed by atoms with van der Waals surface area (Å²) in [6, 6.07) is 1.88. The largest absolute Gasteiger partial charge is 0.323 e. The molecule has 1 aromatic rings. The van der Waals surface area contributed by atoms with E-state index in [1.165, 1.54) is 6.21 Å². The van der Waals surface area contributed by atoms with Crippen LogP contribution in [0.1, 0.15) is 5.69 Å². The Morgan fingerprint density at radius 2 is 2.27 bits per heavy atom. The summed E-state index contributed by atoms with van der Waals surface area (Å²) in [5.41, 5.74) is 0.718. The van der Waals surface area contributed by atoms with E-state index in [1.807, 2.05) is 6.07 Å². The third-order valence-electron chi connectivity index (χ3n) is 1.03. The van der Waals surface area contributed by atoms with Gasteiger partial charge in [0.1, 0.15) is 0 Å². The summed E-state index contributed by atoms with van der Waals surface area (Å²) in [7, 11) is 0. The highest BCUT2D eigenvalue weighted by Crippen LogP contribution is 2.17. The molecule has 0 fully saturated rings. The van der Waals surface area contributed by atoms with Gasteiger partial charge in [-0.25, -0.2) is 0 Å². The molecular weight excluding hydrogens is 274 g/mol. The molecule has 1 rings (SSSR count). The summed E-state index contributed by atoms with van der Waals surface area (Å²) in [5.74, 6) is 4.96. The molecule has 58 valence electrons. The second-order valence-corrected chi connectivity index (χ2v) is 3.57. The van der Waals surface area contributed by atoms with Gasteiger partial charge in [-0.2, -0.15) is 5.10 Å². The topological polar surface area (TPSA) is 51.3 Å². The van der Waals surface area contributed by atoms with Crippen molar-refractivity contribution in [3.05, 3.63) is 26.9 Å². The van der Waals surface area contributed by atoms with Crippen LogP contribution < -0.4 is 5.84 Å². The Hall–Kier alpha value is -0.420. The maximum atomic E-state index is 4.96. The molecule has 1 aromatic heterocycles. The van der Waals surface area contributed by atoms with E-state index in [4.69, 9.17) is 5.84 Å². The lowest BCUT2D eigenvalue weighted by Crippen LogP contribution is -1.91. The molecule has 0 saturated carbocycles. The van der Waals surface area contributed by atoms with Gasteiger partial charge in [0.15, 0.2) is 0 Å². The maximum Gasteiger partial charge on any atom is 0.0972 e. The van der Waals surface area contributed by atoms with E-state index in [-0.39, 0.29) is 0 Å². The van der Waals surface area contributed by atoms with Gasteiger partial charge in [-0.05, 0) is 37.9 Å². The van der Waals surface area contributed by atoms with Crippen molar-refractivity contribution in [1.82, 2.24) is 4.98 Å². The fourth-order valence-electron chi connectivity index (χ4n) is 0.591. The second kappa shape index (κ2) is 3.82. The van der Waals surface area contributed by atoms with Crippen LogP contribution in [-0.2, 0) is 0 Å². The first-order valence-electron chi connectivity index (χ1n) is 2.78. The van der Waals surface area contributed by atoms with Crippen molar-refractivity contribution in [2.24, 2.45) is 10.9 Å². The summed E-state index contributed by atoms with van der Waals surface area (Å²) < 4.78 is 1.78. The molecule has 0 aliphatic carbocycles. The smallest absolute Gasteiger partial charge is 0.0972 e. The lowest BCUT2D eigenvalue weighted by Gasteiger charge is -1.95. The highest BCUT2D eigenvalue weighted by Gasteiger charge is 1.97. The Balaban J connectivity index is 3.09. The molecule has 3 nitrogen and oxygen atoms in total. The number of rotatable bonds is 1. The van der Waals surface area contributed by atoms with Crippen molar-refractivity contribution >= 4 is 38.1 Å². The van der Waals surface area contributed by atoms with E-state index in [2.05, 4.69) is 41.9 Å². The van der Waals surface area contributed by atoms with E-state index in [0.717, 1.165) is 14.6 Å². The van der Waals surface area contributed by atoms with Crippen LogP contribution >= 0.6 is 31.9 Å². The fraction of sp³-hybridized carbons (Fsp3) is 0. The van der Waals surface area contributed by atoms with Gasteiger partial charge < -0.3 is 5.84 Å². The molecule has 1 heterocycles. The number of pyridine rings is 1. The summed E-state index contributed by atoms with van der Waals surface area (Å²) in [4.78, 5) is 4.04. The van der Waals surface area contributed by atoms with Crippen LogP contribution in [0.2, 0.25) is 0 Å². The molecule has 0 unspecified atom stereocenters. The zero-order chi connectivity index (χ0) is 8.27. The molecule has 0 saturated heterocycles. The summed E-state index contributed by atoms with van der Waals surface area (Å²) in [5, 5.41) is 3.36. The molecule has 0 bridgehead atoms. The van der Waals surface area contributed by atoms with E-state index in [9.17, 15) is 0 Å². The predicted molar refractivity (Wildman–Crippen MR) is 51.4 cm³/mol. The van der Waals surface area contributed by atoms with Crippen LogP contribution in [0, 0.1) is 0 Å². The minimum Gasteiger partial charge on any atom is -0.323 e. The lowest BCUT2D eigenvalue weighted by atomic mass is 10.4. The van der Waals surface area contributed by atoms with E-state index in [0.29, 0.717) is 0 Å². The molecule has 0 aromatic carbocycles. The van der Waals surface area contributed by atoms with Crippen LogP contribution in [0.3, 0.4) is 0 Å². The predicted octanol–water partition coefficient (Wildman–Crippen LogP) is 1.90. The Kier molecular flexibility index (Phi) is 3.02. The molecule has 0 aliphatic rings. The van der Waals surface area contributed by atoms with Gasteiger partial charge in [0.05, 0.1) is 11.9 Å². The van der Waals surface area contributed by atoms with Crippen LogP contribution in [0.4, 0.5) is 0 Å². The third kappa shape index (κ3) is 2.27. The Morgan fingerprint density at radius 1 is 1.55 bits per heavy atom. The lowest BCUT2D eigenvalue weighted by molar-refractivity contribution is 1.22. The summed E-state index contributed by atoms with van der Waals surface area (Å²) >= 11 is 6.59. The molecule has 0 radical (unpaired) electrons. The molecule has 0 aliphatic heterocycles. The first kappa shape index (κ1) is 8.67. The first-order valence-corrected chi connectivity index (χ1v) is 4.37. The van der Waals surface area contributed by atoms with Gasteiger partial charge in [0.2, 0.25) is 0 Å². The molecule has 11 heavy (non-hydrogen) atoms. The number of aromatic nitrogens is 1. The van der Waals surface area contributed by atoms with Crippen molar-refractivity contribution in [2.75, 3.05) is 0 Å². The van der Waals surface area contributed by atoms with E-state index >= 15 is 0 Å². The molecule has 0 amide bonds. The fourth-order valence-corrected chi connectivity index (χ4v) is 1.68. The number of hydrogen-bond donors (Lipinski definition) is 1. The average Bonchev–Trinajstić information content (AvgIpc) is 1.95. The monoisotopic (exact) mass is 277 g/mol. The molecule has 5 heteroatoms. The maximum absolute atomic E-state index is 4.96. The minimum atomic E-state index is 0.718. The van der Waals surface area contributed by atoms with Crippen LogP contribution in [-0.4, -0.2) is 11.2 Å². The highest BCUT2D eigenvalue weighted by molar-refractivity contribution is 9.11. The number of halogens is 2. The molecule has 0 spiro atoms. The Labute approximate surface area is 81.0 Å². The minimum absolute atomic E-state index is 0.718. The van der Waals surface area contributed by atoms with E-state index in [1.54, 1.807) is 6.20 Å². The van der Waals surface area contributed by atoms with Gasteiger partial charge >= 0.3 is 0 Å². The highest BCUT2D eigenvalue weighted by atomic mass is 79.9.